The molecule has 0 fully saturated rings. The van der Waals surface area contributed by atoms with Crippen LogP contribution in [-0.2, 0) is 21.4 Å². The molecule has 6 heteroatoms. The zero-order valence-electron chi connectivity index (χ0n) is 14.6. The average Bonchev–Trinajstić information content (AvgIpc) is 2.61. The van der Waals surface area contributed by atoms with Crippen molar-refractivity contribution in [3.8, 4) is 0 Å². The molecule has 0 radical (unpaired) electrons. The van der Waals surface area contributed by atoms with Gasteiger partial charge in [0.2, 0.25) is 15.9 Å². The zero-order valence-corrected chi connectivity index (χ0v) is 15.4. The number of hydrogen-bond donors (Lipinski definition) is 2. The van der Waals surface area contributed by atoms with Gasteiger partial charge in [-0.2, -0.15) is 0 Å². The van der Waals surface area contributed by atoms with E-state index in [-0.39, 0.29) is 17.3 Å². The average molecular weight is 368 g/mol. The fourth-order valence-electron chi connectivity index (χ4n) is 2.70. The summed E-state index contributed by atoms with van der Waals surface area (Å²) in [6.45, 7) is 3.65. The lowest BCUT2D eigenvalue weighted by Crippen LogP contribution is -2.23. The smallest absolute Gasteiger partial charge is 0.240 e. The lowest BCUT2D eigenvalue weighted by Gasteiger charge is -2.10. The molecule has 0 unspecified atom stereocenters. The first-order chi connectivity index (χ1) is 12.3. The third kappa shape index (κ3) is 4.09. The summed E-state index contributed by atoms with van der Waals surface area (Å²) >= 11 is 0. The molecule has 0 aliphatic carbocycles. The topological polar surface area (TPSA) is 75.3 Å². The van der Waals surface area contributed by atoms with Gasteiger partial charge in [0.05, 0.1) is 4.90 Å². The standard InChI is InChI=1S/C20H20N2O3S/c1-14-6-8-16(9-7-14)13-21-26(24,25)18-10-11-19-17(12-18)4-3-5-20(19)22-15(2)23/h3-12,21H,13H2,1-2H3,(H,22,23). The number of amides is 1. The van der Waals surface area contributed by atoms with Crippen molar-refractivity contribution in [3.63, 3.8) is 0 Å². The number of benzene rings is 3. The Morgan fingerprint density at radius 3 is 2.42 bits per heavy atom. The summed E-state index contributed by atoms with van der Waals surface area (Å²) in [5.74, 6) is -0.172. The predicted molar refractivity (Wildman–Crippen MR) is 103 cm³/mol. The number of rotatable bonds is 5. The molecule has 0 spiro atoms. The summed E-state index contributed by atoms with van der Waals surface area (Å²) in [5.41, 5.74) is 2.68. The van der Waals surface area contributed by atoms with Gasteiger partial charge in [-0.3, -0.25) is 4.79 Å². The van der Waals surface area contributed by atoms with Crippen LogP contribution < -0.4 is 10.0 Å². The normalized spacial score (nSPS) is 11.5. The Bertz CT molecular complexity index is 1060. The minimum Gasteiger partial charge on any atom is -0.326 e. The number of anilines is 1. The first kappa shape index (κ1) is 18.1. The van der Waals surface area contributed by atoms with Crippen LogP contribution in [0.5, 0.6) is 0 Å². The highest BCUT2D eigenvalue weighted by Gasteiger charge is 2.15. The number of fused-ring (bicyclic) bond motifs is 1. The van der Waals surface area contributed by atoms with E-state index in [2.05, 4.69) is 10.0 Å². The Morgan fingerprint density at radius 2 is 1.73 bits per heavy atom. The second-order valence-corrected chi connectivity index (χ2v) is 7.95. The zero-order chi connectivity index (χ0) is 18.7. The van der Waals surface area contributed by atoms with E-state index in [1.807, 2.05) is 37.3 Å². The van der Waals surface area contributed by atoms with Gasteiger partial charge in [-0.15, -0.1) is 0 Å². The van der Waals surface area contributed by atoms with E-state index in [0.717, 1.165) is 21.9 Å². The van der Waals surface area contributed by atoms with E-state index in [1.54, 1.807) is 30.3 Å². The maximum Gasteiger partial charge on any atom is 0.240 e. The van der Waals surface area contributed by atoms with Crippen molar-refractivity contribution >= 4 is 32.4 Å². The van der Waals surface area contributed by atoms with Crippen molar-refractivity contribution in [3.05, 3.63) is 71.8 Å². The molecule has 0 saturated carbocycles. The molecule has 2 N–H and O–H groups in total. The van der Waals surface area contributed by atoms with Gasteiger partial charge in [0, 0.05) is 24.5 Å². The Balaban J connectivity index is 1.86. The van der Waals surface area contributed by atoms with E-state index < -0.39 is 10.0 Å². The predicted octanol–water partition coefficient (Wildman–Crippen LogP) is 3.59. The second-order valence-electron chi connectivity index (χ2n) is 6.18. The molecule has 0 aromatic heterocycles. The van der Waals surface area contributed by atoms with E-state index >= 15 is 0 Å². The second kappa shape index (κ2) is 7.27. The van der Waals surface area contributed by atoms with Crippen LogP contribution in [0.15, 0.2) is 65.6 Å². The Kier molecular flexibility index (Phi) is 5.06. The summed E-state index contributed by atoms with van der Waals surface area (Å²) in [4.78, 5) is 11.5. The number of hydrogen-bond acceptors (Lipinski definition) is 3. The van der Waals surface area contributed by atoms with Gasteiger partial charge in [0.25, 0.3) is 0 Å². The number of carbonyl (C=O) groups is 1. The first-order valence-corrected chi connectivity index (χ1v) is 9.69. The molecule has 134 valence electrons. The number of sulfonamides is 1. The fourth-order valence-corrected chi connectivity index (χ4v) is 3.75. The molecule has 5 nitrogen and oxygen atoms in total. The maximum atomic E-state index is 12.6. The van der Waals surface area contributed by atoms with Crippen LogP contribution >= 0.6 is 0 Å². The quantitative estimate of drug-likeness (QED) is 0.723. The minimum absolute atomic E-state index is 0.172. The third-order valence-electron chi connectivity index (χ3n) is 4.06. The van der Waals surface area contributed by atoms with Gasteiger partial charge < -0.3 is 5.32 Å². The molecule has 3 aromatic carbocycles. The minimum atomic E-state index is -3.63. The maximum absolute atomic E-state index is 12.6. The Morgan fingerprint density at radius 1 is 1.00 bits per heavy atom. The third-order valence-corrected chi connectivity index (χ3v) is 5.46. The van der Waals surface area contributed by atoms with Crippen LogP contribution in [-0.4, -0.2) is 14.3 Å². The van der Waals surface area contributed by atoms with Crippen LogP contribution in [0.25, 0.3) is 10.8 Å². The van der Waals surface area contributed by atoms with Crippen molar-refractivity contribution in [2.45, 2.75) is 25.3 Å². The monoisotopic (exact) mass is 368 g/mol. The van der Waals surface area contributed by atoms with Crippen molar-refractivity contribution < 1.29 is 13.2 Å². The van der Waals surface area contributed by atoms with Gasteiger partial charge in [-0.1, -0.05) is 48.0 Å². The molecule has 0 aliphatic heterocycles. The first-order valence-electron chi connectivity index (χ1n) is 8.21. The molecule has 0 saturated heterocycles. The van der Waals surface area contributed by atoms with Gasteiger partial charge in [0.15, 0.2) is 0 Å². The van der Waals surface area contributed by atoms with Crippen LogP contribution in [0.2, 0.25) is 0 Å². The fraction of sp³-hybridized carbons (Fsp3) is 0.150. The van der Waals surface area contributed by atoms with Gasteiger partial charge in [-0.25, -0.2) is 13.1 Å². The molecule has 0 aliphatic rings. The van der Waals surface area contributed by atoms with E-state index in [9.17, 15) is 13.2 Å². The number of carbonyl (C=O) groups excluding carboxylic acids is 1. The molecule has 0 atom stereocenters. The molecular formula is C20H20N2O3S. The van der Waals surface area contributed by atoms with E-state index in [0.29, 0.717) is 5.69 Å². The Labute approximate surface area is 153 Å². The highest BCUT2D eigenvalue weighted by atomic mass is 32.2. The summed E-state index contributed by atoms with van der Waals surface area (Å²) in [5, 5.41) is 4.29. The van der Waals surface area contributed by atoms with Crippen molar-refractivity contribution in [2.75, 3.05) is 5.32 Å². The van der Waals surface area contributed by atoms with Crippen LogP contribution in [0.4, 0.5) is 5.69 Å². The molecular weight excluding hydrogens is 348 g/mol. The van der Waals surface area contributed by atoms with Gasteiger partial charge >= 0.3 is 0 Å². The van der Waals surface area contributed by atoms with Crippen LogP contribution in [0.1, 0.15) is 18.1 Å². The molecule has 26 heavy (non-hydrogen) atoms. The SMILES string of the molecule is CC(=O)Nc1cccc2cc(S(=O)(=O)NCc3ccc(C)cc3)ccc12. The highest BCUT2D eigenvalue weighted by molar-refractivity contribution is 7.89. The molecule has 3 rings (SSSR count). The Hall–Kier alpha value is -2.70. The van der Waals surface area contributed by atoms with E-state index in [4.69, 9.17) is 0 Å². The van der Waals surface area contributed by atoms with Crippen molar-refractivity contribution in [1.82, 2.24) is 4.72 Å². The summed E-state index contributed by atoms with van der Waals surface area (Å²) in [6, 6.07) is 17.9. The van der Waals surface area contributed by atoms with Crippen molar-refractivity contribution in [1.29, 1.82) is 0 Å². The number of aryl methyl sites for hydroxylation is 1. The molecule has 3 aromatic rings. The van der Waals surface area contributed by atoms with Crippen LogP contribution in [0.3, 0.4) is 0 Å². The van der Waals surface area contributed by atoms with E-state index in [1.165, 1.54) is 6.92 Å². The lowest BCUT2D eigenvalue weighted by molar-refractivity contribution is -0.114. The lowest BCUT2D eigenvalue weighted by atomic mass is 10.1. The van der Waals surface area contributed by atoms with Gasteiger partial charge in [0.1, 0.15) is 0 Å². The summed E-state index contributed by atoms with van der Waals surface area (Å²) < 4.78 is 27.8. The summed E-state index contributed by atoms with van der Waals surface area (Å²) in [7, 11) is -3.63. The number of nitrogens with one attached hydrogen (secondary N) is 2. The van der Waals surface area contributed by atoms with Crippen molar-refractivity contribution in [2.24, 2.45) is 0 Å². The molecule has 0 bridgehead atoms. The molecule has 0 heterocycles. The summed E-state index contributed by atoms with van der Waals surface area (Å²) in [6.07, 6.45) is 0. The van der Waals surface area contributed by atoms with Gasteiger partial charge in [-0.05, 0) is 36.1 Å². The molecule has 1 amide bonds. The largest absolute Gasteiger partial charge is 0.326 e. The van der Waals surface area contributed by atoms with Crippen LogP contribution in [0, 0.1) is 6.92 Å². The highest BCUT2D eigenvalue weighted by Crippen LogP contribution is 2.26.